The third-order valence-corrected chi connectivity index (χ3v) is 4.95. The van der Waals surface area contributed by atoms with Gasteiger partial charge in [0, 0.05) is 5.70 Å². The number of carbonyl (C=O) groups excluding carboxylic acids is 1. The van der Waals surface area contributed by atoms with Gasteiger partial charge in [-0.3, -0.25) is 4.79 Å². The number of ether oxygens (including phenoxy) is 1. The number of H-pyrrole nitrogens is 1. The lowest BCUT2D eigenvalue weighted by atomic mass is 9.82. The number of benzene rings is 1. The van der Waals surface area contributed by atoms with Crippen LogP contribution in [0.25, 0.3) is 0 Å². The molecule has 1 atom stereocenters. The van der Waals surface area contributed by atoms with Gasteiger partial charge in [0.15, 0.2) is 5.16 Å². The van der Waals surface area contributed by atoms with Crippen molar-refractivity contribution in [1.82, 2.24) is 9.97 Å². The third kappa shape index (κ3) is 3.93. The van der Waals surface area contributed by atoms with Gasteiger partial charge in [-0.15, -0.1) is 0 Å². The molecule has 1 aliphatic rings. The first-order chi connectivity index (χ1) is 12.9. The smallest absolute Gasteiger partial charge is 0.337 e. The largest absolute Gasteiger partial charge is 0.460 e. The number of hydrogen-bond acceptors (Lipinski definition) is 6. The minimum Gasteiger partial charge on any atom is -0.460 e. The summed E-state index contributed by atoms with van der Waals surface area (Å²) >= 11 is 1.46. The molecule has 2 aromatic rings. The number of carbonyl (C=O) groups is 1. The van der Waals surface area contributed by atoms with E-state index >= 15 is 0 Å². The van der Waals surface area contributed by atoms with Gasteiger partial charge >= 0.3 is 5.97 Å². The van der Waals surface area contributed by atoms with Gasteiger partial charge in [-0.25, -0.2) is 9.78 Å². The highest BCUT2D eigenvalue weighted by Gasteiger charge is 2.36. The molecule has 1 aliphatic heterocycles. The predicted octanol–water partition coefficient (Wildman–Crippen LogP) is 3.66. The quantitative estimate of drug-likeness (QED) is 0.464. The van der Waals surface area contributed by atoms with Crippen molar-refractivity contribution in [3.8, 4) is 0 Å². The molecule has 0 unspecified atom stereocenters. The van der Waals surface area contributed by atoms with E-state index in [1.54, 1.807) is 13.8 Å². The molecule has 0 saturated heterocycles. The van der Waals surface area contributed by atoms with Crippen LogP contribution in [0.5, 0.6) is 0 Å². The zero-order valence-corrected chi connectivity index (χ0v) is 16.6. The fourth-order valence-electron chi connectivity index (χ4n) is 3.16. The maximum Gasteiger partial charge on any atom is 0.337 e. The Bertz CT molecular complexity index is 935. The number of fused-ring (bicyclic) bond motifs is 1. The van der Waals surface area contributed by atoms with Crippen molar-refractivity contribution >= 4 is 23.5 Å². The van der Waals surface area contributed by atoms with Crippen molar-refractivity contribution in [3.05, 3.63) is 63.1 Å². The maximum atomic E-state index is 12.9. The van der Waals surface area contributed by atoms with E-state index in [4.69, 9.17) is 4.74 Å². The van der Waals surface area contributed by atoms with Crippen molar-refractivity contribution in [2.45, 2.75) is 44.9 Å². The number of aromatic nitrogens is 2. The van der Waals surface area contributed by atoms with Crippen LogP contribution >= 0.6 is 11.8 Å². The fraction of sp³-hybridized carbons (Fsp3) is 0.350. The van der Waals surface area contributed by atoms with E-state index in [1.165, 1.54) is 11.8 Å². The topological polar surface area (TPSA) is 84.1 Å². The second-order valence-electron chi connectivity index (χ2n) is 6.53. The van der Waals surface area contributed by atoms with E-state index in [1.807, 2.05) is 44.2 Å². The van der Waals surface area contributed by atoms with Crippen molar-refractivity contribution in [3.63, 3.8) is 0 Å². The molecular formula is C20H23N3O3S. The lowest BCUT2D eigenvalue weighted by Gasteiger charge is -2.29. The first-order valence-corrected chi connectivity index (χ1v) is 9.91. The lowest BCUT2D eigenvalue weighted by Crippen LogP contribution is -2.31. The summed E-state index contributed by atoms with van der Waals surface area (Å²) in [5, 5.41) is 3.69. The average molecular weight is 385 g/mol. The van der Waals surface area contributed by atoms with Gasteiger partial charge in [-0.05, 0) is 32.1 Å². The van der Waals surface area contributed by atoms with E-state index in [0.29, 0.717) is 27.8 Å². The number of rotatable bonds is 5. The van der Waals surface area contributed by atoms with E-state index in [-0.39, 0.29) is 11.7 Å². The van der Waals surface area contributed by atoms with Crippen molar-refractivity contribution in [1.29, 1.82) is 0 Å². The number of hydrogen-bond donors (Lipinski definition) is 2. The number of thioether (sulfide) groups is 1. The molecule has 0 radical (unpaired) electrons. The number of allylic oxidation sites excluding steroid dienone is 1. The Morgan fingerprint density at radius 1 is 1.30 bits per heavy atom. The fourth-order valence-corrected chi connectivity index (χ4v) is 3.76. The number of nitrogens with one attached hydrogen (secondary N) is 2. The third-order valence-electron chi connectivity index (χ3n) is 4.20. The van der Waals surface area contributed by atoms with Gasteiger partial charge in [-0.2, -0.15) is 0 Å². The number of esters is 1. The molecule has 0 amide bonds. The minimum atomic E-state index is -0.536. The molecule has 7 heteroatoms. The molecule has 2 N–H and O–H groups in total. The predicted molar refractivity (Wildman–Crippen MR) is 107 cm³/mol. The Hall–Kier alpha value is -2.54. The molecule has 142 valence electrons. The summed E-state index contributed by atoms with van der Waals surface area (Å²) in [6.45, 7) is 7.41. The molecular weight excluding hydrogens is 362 g/mol. The first-order valence-electron chi connectivity index (χ1n) is 8.93. The lowest BCUT2D eigenvalue weighted by molar-refractivity contribution is -0.143. The van der Waals surface area contributed by atoms with Crippen molar-refractivity contribution in [2.24, 2.45) is 0 Å². The standard InChI is InChI=1S/C20H23N3O3S/c1-5-27-20-22-17-16(18(24)23-20)15(13-9-7-6-8-10-13)14(12(4)21-17)19(25)26-11(2)3/h6-11,15H,5H2,1-4H3,(H2,21,22,23,24)/t15-/m0/s1. The van der Waals surface area contributed by atoms with Crippen LogP contribution in [-0.4, -0.2) is 27.8 Å². The molecule has 1 aromatic carbocycles. The van der Waals surface area contributed by atoms with Crippen LogP contribution in [0.15, 0.2) is 51.6 Å². The number of anilines is 1. The van der Waals surface area contributed by atoms with Gasteiger partial charge in [-0.1, -0.05) is 49.0 Å². The van der Waals surface area contributed by atoms with E-state index < -0.39 is 11.9 Å². The summed E-state index contributed by atoms with van der Waals surface area (Å²) in [5.41, 5.74) is 2.11. The number of aromatic amines is 1. The Kier molecular flexibility index (Phi) is 5.70. The van der Waals surface area contributed by atoms with E-state index in [9.17, 15) is 9.59 Å². The van der Waals surface area contributed by atoms with Crippen LogP contribution in [-0.2, 0) is 9.53 Å². The first kappa shape index (κ1) is 19.2. The summed E-state index contributed by atoms with van der Waals surface area (Å²) in [4.78, 5) is 33.1. The van der Waals surface area contributed by atoms with Crippen LogP contribution in [0.4, 0.5) is 5.82 Å². The molecule has 0 saturated carbocycles. The average Bonchev–Trinajstić information content (AvgIpc) is 2.60. The zero-order valence-electron chi connectivity index (χ0n) is 15.8. The summed E-state index contributed by atoms with van der Waals surface area (Å²) in [5.74, 6) is 0.318. The molecule has 0 fully saturated rings. The summed E-state index contributed by atoms with van der Waals surface area (Å²) in [7, 11) is 0. The van der Waals surface area contributed by atoms with Crippen LogP contribution in [0.3, 0.4) is 0 Å². The van der Waals surface area contributed by atoms with Gasteiger partial charge in [0.05, 0.1) is 23.2 Å². The molecule has 0 aliphatic carbocycles. The molecule has 1 aromatic heterocycles. The second-order valence-corrected chi connectivity index (χ2v) is 7.78. The highest BCUT2D eigenvalue weighted by atomic mass is 32.2. The van der Waals surface area contributed by atoms with E-state index in [2.05, 4.69) is 15.3 Å². The zero-order chi connectivity index (χ0) is 19.6. The second kappa shape index (κ2) is 8.00. The van der Waals surface area contributed by atoms with Gasteiger partial charge in [0.2, 0.25) is 0 Å². The summed E-state index contributed by atoms with van der Waals surface area (Å²) < 4.78 is 5.46. The monoisotopic (exact) mass is 385 g/mol. The van der Waals surface area contributed by atoms with Crippen molar-refractivity contribution < 1.29 is 9.53 Å². The van der Waals surface area contributed by atoms with Crippen LogP contribution in [0, 0.1) is 0 Å². The van der Waals surface area contributed by atoms with Gasteiger partial charge in [0.25, 0.3) is 5.56 Å². The molecule has 0 spiro atoms. The molecule has 2 heterocycles. The Balaban J connectivity index is 2.20. The summed E-state index contributed by atoms with van der Waals surface area (Å²) in [6, 6.07) is 9.49. The highest BCUT2D eigenvalue weighted by molar-refractivity contribution is 7.99. The maximum absolute atomic E-state index is 12.9. The normalized spacial score (nSPS) is 16.1. The molecule has 0 bridgehead atoms. The Morgan fingerprint density at radius 3 is 2.63 bits per heavy atom. The minimum absolute atomic E-state index is 0.250. The molecule has 3 rings (SSSR count). The molecule has 27 heavy (non-hydrogen) atoms. The van der Waals surface area contributed by atoms with Gasteiger partial charge < -0.3 is 15.0 Å². The number of nitrogens with zero attached hydrogens (tertiary/aromatic N) is 1. The van der Waals surface area contributed by atoms with Crippen molar-refractivity contribution in [2.75, 3.05) is 11.1 Å². The van der Waals surface area contributed by atoms with Gasteiger partial charge in [0.1, 0.15) is 5.82 Å². The Labute approximate surface area is 162 Å². The SMILES string of the molecule is CCSc1nc2c(c(=O)[nH]1)[C@@H](c1ccccc1)C(C(=O)OC(C)C)=C(C)N2. The van der Waals surface area contributed by atoms with E-state index in [0.717, 1.165) is 11.3 Å². The summed E-state index contributed by atoms with van der Waals surface area (Å²) in [6.07, 6.45) is -0.254. The Morgan fingerprint density at radius 2 is 2.00 bits per heavy atom. The van der Waals surface area contributed by atoms with Crippen LogP contribution in [0.1, 0.15) is 44.7 Å². The van der Waals surface area contributed by atoms with Crippen LogP contribution < -0.4 is 10.9 Å². The van der Waals surface area contributed by atoms with Crippen LogP contribution in [0.2, 0.25) is 0 Å². The highest BCUT2D eigenvalue weighted by Crippen LogP contribution is 2.40. The molecule has 6 nitrogen and oxygen atoms in total.